The molecule has 107 heavy (non-hydrogen) atoms. The molecule has 4 saturated heterocycles. The van der Waals surface area contributed by atoms with Crippen molar-refractivity contribution >= 4 is 72.5 Å². The van der Waals surface area contributed by atoms with Gasteiger partial charge in [-0.25, -0.2) is 36.2 Å². The van der Waals surface area contributed by atoms with Crippen LogP contribution in [-0.2, 0) is 67.5 Å². The molecule has 28 nitrogen and oxygen atoms in total. The van der Waals surface area contributed by atoms with E-state index in [-0.39, 0.29) is 107 Å². The molecule has 0 bridgehead atoms. The number of esters is 1. The SMILES string of the molecule is C=CCOC(=O)N1c2cc(O)c(OC)cc2C(=O)N2CC=C(c3ccc(S(=O)(=O)N(C)C4CCCCO4)cc3)C[C@H]2C1OC1CCCCO1.C=CCOC(=O)N1c2cc(OCCCCCC(=O)OC)c(OC)cc2C(=O)N2CC=C(c3ccc(S(=O)(=O)N(C)C4CCCCO4)cc3)C[C@H]2C1OC1CCCCO1. The van der Waals surface area contributed by atoms with Crippen molar-refractivity contribution < 1.29 is 103 Å². The van der Waals surface area contributed by atoms with Crippen molar-refractivity contribution in [2.24, 2.45) is 0 Å². The van der Waals surface area contributed by atoms with E-state index in [0.29, 0.717) is 82.9 Å². The summed E-state index contributed by atoms with van der Waals surface area (Å²) in [6.45, 7) is 9.83. The Morgan fingerprint density at radius 1 is 0.561 bits per heavy atom. The Bertz CT molecular complexity index is 4110. The fraction of sp³-hybridized carbons (Fsp3) is 0.519. The first-order valence-electron chi connectivity index (χ1n) is 36.6. The van der Waals surface area contributed by atoms with E-state index in [1.807, 2.05) is 12.2 Å². The van der Waals surface area contributed by atoms with Crippen LogP contribution in [0.5, 0.6) is 23.0 Å². The minimum absolute atomic E-state index is 0.0713. The van der Waals surface area contributed by atoms with E-state index >= 15 is 0 Å². The summed E-state index contributed by atoms with van der Waals surface area (Å²) in [7, 11) is -0.327. The molecule has 0 aromatic heterocycles. The molecule has 0 spiro atoms. The van der Waals surface area contributed by atoms with Gasteiger partial charge in [-0.05, 0) is 168 Å². The number of rotatable bonds is 25. The van der Waals surface area contributed by atoms with Crippen LogP contribution in [0.25, 0.3) is 11.1 Å². The summed E-state index contributed by atoms with van der Waals surface area (Å²) in [6.07, 6.45) is 13.1. The molecule has 12 rings (SSSR count). The fourth-order valence-corrected chi connectivity index (χ4v) is 17.0. The van der Waals surface area contributed by atoms with Crippen LogP contribution in [0.1, 0.15) is 147 Å². The highest BCUT2D eigenvalue weighted by Gasteiger charge is 2.50. The summed E-state index contributed by atoms with van der Waals surface area (Å²) < 4.78 is 126. The number of unbranched alkanes of at least 4 members (excludes halogenated alkanes) is 2. The number of hydrogen-bond acceptors (Lipinski definition) is 22. The van der Waals surface area contributed by atoms with Gasteiger partial charge in [0.2, 0.25) is 20.0 Å². The zero-order valence-electron chi connectivity index (χ0n) is 61.4. The molecule has 8 aliphatic heterocycles. The smallest absolute Gasteiger partial charge is 0.416 e. The highest BCUT2D eigenvalue weighted by atomic mass is 32.2. The third-order valence-corrected chi connectivity index (χ3v) is 24.0. The third-order valence-electron chi connectivity index (χ3n) is 20.3. The monoisotopic (exact) mass is 1520 g/mol. The number of hydrogen-bond donors (Lipinski definition) is 1. The molecule has 0 aliphatic carbocycles. The normalized spacial score (nSPS) is 23.2. The topological polar surface area (TPSA) is 304 Å². The van der Waals surface area contributed by atoms with Crippen LogP contribution >= 0.6 is 0 Å². The number of anilines is 2. The van der Waals surface area contributed by atoms with E-state index < -0.39 is 81.8 Å². The maximum atomic E-state index is 14.7. The molecule has 4 fully saturated rings. The van der Waals surface area contributed by atoms with Crippen LogP contribution in [0.2, 0.25) is 0 Å². The number of ether oxygens (including phenoxy) is 12. The van der Waals surface area contributed by atoms with Gasteiger partial charge in [0.25, 0.3) is 11.8 Å². The molecule has 580 valence electrons. The summed E-state index contributed by atoms with van der Waals surface area (Å²) in [6, 6.07) is 17.8. The fourth-order valence-electron chi connectivity index (χ4n) is 14.4. The number of sulfonamides is 2. The van der Waals surface area contributed by atoms with Crippen LogP contribution in [-0.4, -0.2) is 215 Å². The number of phenols is 1. The predicted octanol–water partition coefficient (Wildman–Crippen LogP) is 11.1. The lowest BCUT2D eigenvalue weighted by atomic mass is 9.92. The third kappa shape index (κ3) is 18.3. The first-order valence-corrected chi connectivity index (χ1v) is 39.5. The molecule has 6 unspecified atom stereocenters. The van der Waals surface area contributed by atoms with E-state index in [0.717, 1.165) is 80.1 Å². The van der Waals surface area contributed by atoms with Crippen LogP contribution in [0.4, 0.5) is 21.0 Å². The number of phenolic OH excluding ortho intramolecular Hbond substituents is 1. The van der Waals surface area contributed by atoms with Gasteiger partial charge in [0, 0.05) is 72.2 Å². The number of methoxy groups -OCH3 is 3. The van der Waals surface area contributed by atoms with Crippen molar-refractivity contribution in [2.45, 2.75) is 175 Å². The summed E-state index contributed by atoms with van der Waals surface area (Å²) in [5, 5.41) is 10.8. The first-order chi connectivity index (χ1) is 51.7. The molecule has 1 N–H and O–H groups in total. The Hall–Kier alpha value is -8.43. The summed E-state index contributed by atoms with van der Waals surface area (Å²) in [5.74, 6) is -0.593. The van der Waals surface area contributed by atoms with E-state index in [4.69, 9.17) is 56.8 Å². The van der Waals surface area contributed by atoms with Gasteiger partial charge < -0.3 is 71.7 Å². The van der Waals surface area contributed by atoms with Crippen molar-refractivity contribution in [1.82, 2.24) is 18.4 Å². The zero-order chi connectivity index (χ0) is 75.9. The Labute approximate surface area is 625 Å². The second-order valence-corrected chi connectivity index (χ2v) is 31.1. The first kappa shape index (κ1) is 79.6. The number of aromatic hydroxyl groups is 1. The van der Waals surface area contributed by atoms with E-state index in [1.54, 1.807) is 77.5 Å². The lowest BCUT2D eigenvalue weighted by Crippen LogP contribution is -2.57. The molecular formula is C77H98N6O22S2. The van der Waals surface area contributed by atoms with Crippen LogP contribution in [0, 0.1) is 0 Å². The Morgan fingerprint density at radius 3 is 1.41 bits per heavy atom. The molecule has 8 aliphatic rings. The van der Waals surface area contributed by atoms with Crippen LogP contribution in [0.3, 0.4) is 0 Å². The van der Waals surface area contributed by atoms with Gasteiger partial charge in [-0.3, -0.25) is 14.4 Å². The molecule has 4 aromatic carbocycles. The van der Waals surface area contributed by atoms with E-state index in [9.17, 15) is 45.9 Å². The Balaban J connectivity index is 0.000000216. The van der Waals surface area contributed by atoms with Gasteiger partial charge in [-0.2, -0.15) is 8.61 Å². The molecular weight excluding hydrogens is 1430 g/mol. The van der Waals surface area contributed by atoms with Gasteiger partial charge in [0.05, 0.1) is 72.3 Å². The average Bonchev–Trinajstić information content (AvgIpc) is 1.61. The maximum absolute atomic E-state index is 14.7. The van der Waals surface area contributed by atoms with Gasteiger partial charge in [0.15, 0.2) is 48.0 Å². The molecule has 4 aromatic rings. The lowest BCUT2D eigenvalue weighted by molar-refractivity contribution is -0.197. The largest absolute Gasteiger partial charge is 0.504 e. The van der Waals surface area contributed by atoms with Gasteiger partial charge in [0.1, 0.15) is 25.7 Å². The van der Waals surface area contributed by atoms with Gasteiger partial charge >= 0.3 is 18.2 Å². The van der Waals surface area contributed by atoms with Gasteiger partial charge in [-0.15, -0.1) is 0 Å². The highest BCUT2D eigenvalue weighted by Crippen LogP contribution is 2.46. The molecule has 0 saturated carbocycles. The van der Waals surface area contributed by atoms with E-state index in [2.05, 4.69) is 13.2 Å². The lowest BCUT2D eigenvalue weighted by Gasteiger charge is -2.42. The highest BCUT2D eigenvalue weighted by molar-refractivity contribution is 7.89. The number of carbonyl (C=O) groups excluding carboxylic acids is 5. The summed E-state index contributed by atoms with van der Waals surface area (Å²) in [4.78, 5) is 74.8. The van der Waals surface area contributed by atoms with Crippen LogP contribution in [0.15, 0.2) is 120 Å². The predicted molar refractivity (Wildman–Crippen MR) is 393 cm³/mol. The van der Waals surface area contributed by atoms with Crippen molar-refractivity contribution in [1.29, 1.82) is 0 Å². The molecule has 8 heterocycles. The van der Waals surface area contributed by atoms with Crippen molar-refractivity contribution in [2.75, 3.05) is 105 Å². The van der Waals surface area contributed by atoms with Crippen LogP contribution < -0.4 is 24.0 Å². The van der Waals surface area contributed by atoms with Crippen molar-refractivity contribution in [3.05, 3.63) is 133 Å². The molecule has 0 radical (unpaired) electrons. The second-order valence-electron chi connectivity index (χ2n) is 27.1. The number of nitrogens with zero attached hydrogens (tertiary/aromatic N) is 6. The number of fused-ring (bicyclic) bond motifs is 4. The summed E-state index contributed by atoms with van der Waals surface area (Å²) >= 11 is 0. The molecule has 4 amide bonds. The zero-order valence-corrected chi connectivity index (χ0v) is 63.0. The van der Waals surface area contributed by atoms with Gasteiger partial charge in [-0.1, -0.05) is 61.7 Å². The minimum Gasteiger partial charge on any atom is -0.504 e. The summed E-state index contributed by atoms with van der Waals surface area (Å²) in [5.41, 5.74) is 3.86. The second kappa shape index (κ2) is 36.6. The van der Waals surface area contributed by atoms with E-state index in [1.165, 1.54) is 71.1 Å². The van der Waals surface area contributed by atoms with Crippen molar-refractivity contribution in [3.8, 4) is 23.0 Å². The number of benzene rings is 4. The maximum Gasteiger partial charge on any atom is 0.416 e. The number of carbonyl (C=O) groups is 5. The number of amides is 4. The minimum atomic E-state index is -3.82. The van der Waals surface area contributed by atoms with Crippen molar-refractivity contribution in [3.63, 3.8) is 0 Å². The average molecular weight is 1520 g/mol. The Kier molecular flexibility index (Phi) is 27.3. The Morgan fingerprint density at radius 2 is 1.00 bits per heavy atom. The molecule has 30 heteroatoms. The quantitative estimate of drug-likeness (QED) is 0.0279. The molecule has 8 atom stereocenters. The standard InChI is InChI=1S/C42H55N3O12S.C35H43N3O10S/c1-5-22-56-42(48)45-33-28-36(53-23-10-6-7-14-38(46)52-4)35(51-3)27-32(33)40(47)44-21-20-30(26-34(44)41(45)57-39-15-9-12-25-55-39)29-16-18-31(19-17-29)58(49,50)43(2)37-13-8-11-24-54-37;1-4-17-47-35(41)38-27-22-29(39)30(44-3)21-26(27)33(40)37-16-15-24(20-28(37)34(38)48-32-10-6-8-19-46-32)23-11-13-25(14-12-23)49(42,43)36(2)31-9-5-7-18-45-31/h5,16-20,27-28,34,37,39,41H,1,6-15,21-26H2,2-4H3;4,11-15,21-22,28,31-32,34,39H,1,5-10,16-20H2,2-3H3/t34-,37?,39?,41?;28-,31?,32?,34?/m00/s1.